The van der Waals surface area contributed by atoms with Gasteiger partial charge in [0.2, 0.25) is 0 Å². The van der Waals surface area contributed by atoms with E-state index in [2.05, 4.69) is 52.5 Å². The van der Waals surface area contributed by atoms with Gasteiger partial charge in [0.25, 0.3) is 10.0 Å². The molecule has 20 heavy (non-hydrogen) atoms. The number of rotatable bonds is 4. The number of halogens is 3. The van der Waals surface area contributed by atoms with Crippen LogP contribution in [0, 0.1) is 0 Å². The second-order valence-corrected chi connectivity index (χ2v) is 7.84. The lowest BCUT2D eigenvalue weighted by molar-refractivity contribution is 0.484. The van der Waals surface area contributed by atoms with Crippen LogP contribution < -0.4 is 10.5 Å². The van der Waals surface area contributed by atoms with E-state index in [4.69, 9.17) is 10.2 Å². The van der Waals surface area contributed by atoms with Crippen molar-refractivity contribution in [1.29, 1.82) is 0 Å². The van der Waals surface area contributed by atoms with Crippen molar-refractivity contribution in [3.8, 4) is 0 Å². The molecule has 2 rings (SSSR count). The minimum absolute atomic E-state index is 0.000558. The van der Waals surface area contributed by atoms with Crippen molar-refractivity contribution in [3.63, 3.8) is 0 Å². The molecule has 0 fully saturated rings. The molecule has 108 valence electrons. The SMILES string of the molecule is NCc1cc(S(=O)(=O)Nc2c(Br)cccc2Br)c(Br)o1. The van der Waals surface area contributed by atoms with Crippen molar-refractivity contribution in [1.82, 2.24) is 0 Å². The van der Waals surface area contributed by atoms with Crippen molar-refractivity contribution < 1.29 is 12.8 Å². The smallest absolute Gasteiger partial charge is 0.266 e. The van der Waals surface area contributed by atoms with Crippen molar-refractivity contribution in [2.24, 2.45) is 5.73 Å². The van der Waals surface area contributed by atoms with Gasteiger partial charge in [-0.3, -0.25) is 4.72 Å². The molecule has 1 heterocycles. The Balaban J connectivity index is 2.43. The summed E-state index contributed by atoms with van der Waals surface area (Å²) in [6, 6.07) is 6.64. The Morgan fingerprint density at radius 2 is 1.80 bits per heavy atom. The minimum Gasteiger partial charge on any atom is -0.452 e. The van der Waals surface area contributed by atoms with Gasteiger partial charge in [-0.1, -0.05) is 6.07 Å². The Kier molecular flexibility index (Phi) is 4.96. The van der Waals surface area contributed by atoms with Crippen LogP contribution in [0.5, 0.6) is 0 Å². The van der Waals surface area contributed by atoms with Crippen LogP contribution in [0.25, 0.3) is 0 Å². The third kappa shape index (κ3) is 3.28. The second kappa shape index (κ2) is 6.18. The molecule has 0 aliphatic heterocycles. The highest BCUT2D eigenvalue weighted by Gasteiger charge is 2.23. The summed E-state index contributed by atoms with van der Waals surface area (Å²) in [7, 11) is -3.78. The molecule has 2 aromatic rings. The molecule has 1 aromatic heterocycles. The van der Waals surface area contributed by atoms with Gasteiger partial charge in [0.15, 0.2) is 4.67 Å². The molecule has 0 saturated carbocycles. The van der Waals surface area contributed by atoms with Gasteiger partial charge in [-0.15, -0.1) is 0 Å². The number of nitrogens with two attached hydrogens (primary N) is 1. The summed E-state index contributed by atoms with van der Waals surface area (Å²) < 4.78 is 33.8. The van der Waals surface area contributed by atoms with Gasteiger partial charge in [0, 0.05) is 15.0 Å². The van der Waals surface area contributed by atoms with Gasteiger partial charge in [-0.25, -0.2) is 8.42 Å². The van der Waals surface area contributed by atoms with Crippen molar-refractivity contribution >= 4 is 63.5 Å². The zero-order chi connectivity index (χ0) is 14.9. The predicted octanol–water partition coefficient (Wildman–Crippen LogP) is 3.83. The molecule has 0 spiro atoms. The van der Waals surface area contributed by atoms with Gasteiger partial charge in [-0.05, 0) is 59.9 Å². The van der Waals surface area contributed by atoms with E-state index in [0.29, 0.717) is 20.4 Å². The molecule has 9 heteroatoms. The fourth-order valence-electron chi connectivity index (χ4n) is 1.47. The van der Waals surface area contributed by atoms with Crippen LogP contribution in [-0.4, -0.2) is 8.42 Å². The summed E-state index contributed by atoms with van der Waals surface area (Å²) in [5, 5.41) is 0. The van der Waals surface area contributed by atoms with E-state index in [1.54, 1.807) is 18.2 Å². The van der Waals surface area contributed by atoms with E-state index in [-0.39, 0.29) is 16.1 Å². The first-order valence-corrected chi connectivity index (χ1v) is 9.16. The monoisotopic (exact) mass is 486 g/mol. The summed E-state index contributed by atoms with van der Waals surface area (Å²) in [5.74, 6) is 0.378. The van der Waals surface area contributed by atoms with E-state index >= 15 is 0 Å². The summed E-state index contributed by atoms with van der Waals surface area (Å²) in [6.07, 6.45) is 0. The molecule has 1 aromatic carbocycles. The van der Waals surface area contributed by atoms with E-state index < -0.39 is 10.0 Å². The lowest BCUT2D eigenvalue weighted by atomic mass is 10.3. The molecule has 0 aliphatic rings. The van der Waals surface area contributed by atoms with E-state index in [1.807, 2.05) is 0 Å². The number of benzene rings is 1. The molecule has 0 atom stereocenters. The van der Waals surface area contributed by atoms with Crippen LogP contribution >= 0.6 is 47.8 Å². The van der Waals surface area contributed by atoms with E-state index in [0.717, 1.165) is 0 Å². The van der Waals surface area contributed by atoms with Crippen LogP contribution in [0.3, 0.4) is 0 Å². The third-order valence-electron chi connectivity index (χ3n) is 2.40. The zero-order valence-electron chi connectivity index (χ0n) is 9.86. The third-order valence-corrected chi connectivity index (χ3v) is 5.92. The maximum Gasteiger partial charge on any atom is 0.266 e. The topological polar surface area (TPSA) is 85.3 Å². The number of anilines is 1. The Hall–Kier alpha value is -0.350. The number of furan rings is 1. The zero-order valence-corrected chi connectivity index (χ0v) is 15.4. The van der Waals surface area contributed by atoms with E-state index in [1.165, 1.54) is 6.07 Å². The number of para-hydroxylation sites is 1. The standard InChI is InChI=1S/C11H9Br3N2O3S/c12-7-2-1-3-8(13)10(7)16-20(17,18)9-4-6(5-15)19-11(9)14/h1-4,16H,5,15H2. The normalized spacial score (nSPS) is 11.6. The highest BCUT2D eigenvalue weighted by atomic mass is 79.9. The second-order valence-electron chi connectivity index (χ2n) is 3.76. The number of nitrogens with one attached hydrogen (secondary N) is 1. The van der Waals surface area contributed by atoms with E-state index in [9.17, 15) is 8.42 Å². The summed E-state index contributed by atoms with van der Waals surface area (Å²) >= 11 is 9.67. The summed E-state index contributed by atoms with van der Waals surface area (Å²) in [6.45, 7) is 0.118. The molecule has 0 aliphatic carbocycles. The predicted molar refractivity (Wildman–Crippen MR) is 86.9 cm³/mol. The Morgan fingerprint density at radius 1 is 1.20 bits per heavy atom. The first-order valence-electron chi connectivity index (χ1n) is 5.30. The molecular formula is C11H9Br3N2O3S. The molecule has 0 saturated heterocycles. The molecule has 5 nitrogen and oxygen atoms in total. The Labute approximate surface area is 141 Å². The highest BCUT2D eigenvalue weighted by Crippen LogP contribution is 2.34. The fraction of sp³-hybridized carbons (Fsp3) is 0.0909. The number of hydrogen-bond acceptors (Lipinski definition) is 4. The minimum atomic E-state index is -3.78. The fourth-order valence-corrected chi connectivity index (χ4v) is 5.03. The largest absolute Gasteiger partial charge is 0.452 e. The lowest BCUT2D eigenvalue weighted by Crippen LogP contribution is -2.13. The van der Waals surface area contributed by atoms with Crippen molar-refractivity contribution in [2.45, 2.75) is 11.4 Å². The van der Waals surface area contributed by atoms with Gasteiger partial charge < -0.3 is 10.2 Å². The Bertz CT molecular complexity index is 723. The Morgan fingerprint density at radius 3 is 2.30 bits per heavy atom. The average Bonchev–Trinajstić information content (AvgIpc) is 2.76. The van der Waals surface area contributed by atoms with Gasteiger partial charge in [0.1, 0.15) is 10.7 Å². The van der Waals surface area contributed by atoms with Gasteiger partial charge >= 0.3 is 0 Å². The van der Waals surface area contributed by atoms with Crippen molar-refractivity contribution in [3.05, 3.63) is 43.6 Å². The van der Waals surface area contributed by atoms with Crippen LogP contribution in [0.1, 0.15) is 5.76 Å². The summed E-state index contributed by atoms with van der Waals surface area (Å²) in [4.78, 5) is 0.000558. The van der Waals surface area contributed by atoms with Gasteiger partial charge in [-0.2, -0.15) is 0 Å². The van der Waals surface area contributed by atoms with Crippen LogP contribution in [-0.2, 0) is 16.6 Å². The summed E-state index contributed by atoms with van der Waals surface area (Å²) in [5.41, 5.74) is 5.84. The lowest BCUT2D eigenvalue weighted by Gasteiger charge is -2.10. The molecule has 0 radical (unpaired) electrons. The molecular weight excluding hydrogens is 480 g/mol. The molecule has 0 amide bonds. The van der Waals surface area contributed by atoms with Crippen molar-refractivity contribution in [2.75, 3.05) is 4.72 Å². The quantitative estimate of drug-likeness (QED) is 0.685. The van der Waals surface area contributed by atoms with Crippen LogP contribution in [0.4, 0.5) is 5.69 Å². The highest BCUT2D eigenvalue weighted by molar-refractivity contribution is 9.11. The number of sulfonamides is 1. The number of hydrogen-bond donors (Lipinski definition) is 2. The molecule has 0 bridgehead atoms. The first kappa shape index (κ1) is 16.0. The first-order chi connectivity index (χ1) is 9.35. The molecule has 0 unspecified atom stereocenters. The van der Waals surface area contributed by atoms with Gasteiger partial charge in [0.05, 0.1) is 12.2 Å². The maximum absolute atomic E-state index is 12.4. The van der Waals surface area contributed by atoms with Crippen LogP contribution in [0.15, 0.2) is 47.2 Å². The van der Waals surface area contributed by atoms with Crippen LogP contribution in [0.2, 0.25) is 0 Å². The average molecular weight is 489 g/mol. The maximum atomic E-state index is 12.4. The molecule has 3 N–H and O–H groups in total.